The molecule has 0 radical (unpaired) electrons. The molecule has 0 aliphatic carbocycles. The minimum absolute atomic E-state index is 0.0428. The highest BCUT2D eigenvalue weighted by Crippen LogP contribution is 2.27. The predicted octanol–water partition coefficient (Wildman–Crippen LogP) is 7.08. The van der Waals surface area contributed by atoms with Crippen molar-refractivity contribution >= 4 is 45.8 Å². The van der Waals surface area contributed by atoms with Crippen LogP contribution in [0.3, 0.4) is 0 Å². The number of ether oxygens (including phenoxy) is 1. The summed E-state index contributed by atoms with van der Waals surface area (Å²) < 4.78 is 6.05. The van der Waals surface area contributed by atoms with Gasteiger partial charge in [-0.1, -0.05) is 103 Å². The van der Waals surface area contributed by atoms with E-state index < -0.39 is 6.04 Å². The Kier molecular flexibility index (Phi) is 9.85. The molecule has 0 unspecified atom stereocenters. The Morgan fingerprint density at radius 3 is 2.38 bits per heavy atom. The van der Waals surface area contributed by atoms with Gasteiger partial charge in [0.25, 0.3) is 5.91 Å². The molecule has 2 atom stereocenters. The van der Waals surface area contributed by atoms with Crippen molar-refractivity contribution in [3.05, 3.63) is 112 Å². The predicted molar refractivity (Wildman–Crippen MR) is 158 cm³/mol. The van der Waals surface area contributed by atoms with E-state index in [0.717, 1.165) is 22.8 Å². The van der Waals surface area contributed by atoms with E-state index >= 15 is 0 Å². The van der Waals surface area contributed by atoms with Crippen LogP contribution in [0.2, 0.25) is 10.0 Å². The van der Waals surface area contributed by atoms with Gasteiger partial charge in [0.2, 0.25) is 5.91 Å². The van der Waals surface area contributed by atoms with Crippen LogP contribution in [-0.2, 0) is 22.6 Å². The van der Waals surface area contributed by atoms with Crippen LogP contribution in [0, 0.1) is 0 Å². The Hall–Kier alpha value is -3.54. The Labute approximate surface area is 239 Å². The molecule has 0 aliphatic rings. The van der Waals surface area contributed by atoms with Crippen LogP contribution < -0.4 is 10.1 Å². The molecule has 4 rings (SSSR count). The van der Waals surface area contributed by atoms with Crippen LogP contribution >= 0.6 is 23.2 Å². The van der Waals surface area contributed by atoms with Gasteiger partial charge in [0.15, 0.2) is 6.61 Å². The molecule has 0 saturated carbocycles. The number of halogens is 2. The van der Waals surface area contributed by atoms with Gasteiger partial charge >= 0.3 is 0 Å². The average molecular weight is 564 g/mol. The van der Waals surface area contributed by atoms with E-state index in [9.17, 15) is 9.59 Å². The van der Waals surface area contributed by atoms with Gasteiger partial charge < -0.3 is 15.0 Å². The van der Waals surface area contributed by atoms with Gasteiger partial charge in [-0.05, 0) is 48.1 Å². The number of carbonyl (C=O) groups is 2. The number of hydrogen-bond donors (Lipinski definition) is 1. The number of nitrogens with zero attached hydrogens (tertiary/aromatic N) is 1. The lowest BCUT2D eigenvalue weighted by atomic mass is 10.0. The lowest BCUT2D eigenvalue weighted by Crippen LogP contribution is -2.53. The van der Waals surface area contributed by atoms with Crippen LogP contribution in [0.15, 0.2) is 91.0 Å². The monoisotopic (exact) mass is 562 g/mol. The molecule has 5 nitrogen and oxygen atoms in total. The van der Waals surface area contributed by atoms with Crippen LogP contribution in [0.4, 0.5) is 0 Å². The number of rotatable bonds is 11. The van der Waals surface area contributed by atoms with E-state index in [1.54, 1.807) is 23.1 Å². The minimum atomic E-state index is -0.781. The molecule has 0 spiro atoms. The third-order valence-electron chi connectivity index (χ3n) is 6.73. The first kappa shape index (κ1) is 28.5. The molecule has 202 valence electrons. The molecule has 0 aliphatic heterocycles. The normalized spacial score (nSPS) is 12.5. The molecule has 7 heteroatoms. The minimum Gasteiger partial charge on any atom is -0.483 e. The zero-order valence-electron chi connectivity index (χ0n) is 22.1. The van der Waals surface area contributed by atoms with Gasteiger partial charge in [0, 0.05) is 34.4 Å². The summed E-state index contributed by atoms with van der Waals surface area (Å²) in [7, 11) is 0. The molecule has 4 aromatic carbocycles. The van der Waals surface area contributed by atoms with Crippen molar-refractivity contribution in [2.75, 3.05) is 6.61 Å². The van der Waals surface area contributed by atoms with E-state index in [4.69, 9.17) is 27.9 Å². The third-order valence-corrected chi connectivity index (χ3v) is 7.32. The molecule has 39 heavy (non-hydrogen) atoms. The van der Waals surface area contributed by atoms with E-state index in [1.165, 1.54) is 0 Å². The molecule has 0 heterocycles. The van der Waals surface area contributed by atoms with Gasteiger partial charge in [-0.3, -0.25) is 9.59 Å². The molecule has 1 N–H and O–H groups in total. The van der Waals surface area contributed by atoms with E-state index in [-0.39, 0.29) is 31.0 Å². The lowest BCUT2D eigenvalue weighted by Gasteiger charge is -2.32. The second kappa shape index (κ2) is 13.5. The van der Waals surface area contributed by atoms with Crippen molar-refractivity contribution in [2.24, 2.45) is 0 Å². The van der Waals surface area contributed by atoms with Crippen molar-refractivity contribution < 1.29 is 14.3 Å². The van der Waals surface area contributed by atoms with Gasteiger partial charge in [-0.2, -0.15) is 0 Å². The summed E-state index contributed by atoms with van der Waals surface area (Å²) in [5.41, 5.74) is 1.63. The number of amides is 2. The number of nitrogens with one attached hydrogen (secondary N) is 1. The molecule has 0 bridgehead atoms. The molecule has 0 fully saturated rings. The van der Waals surface area contributed by atoms with E-state index in [2.05, 4.69) is 5.32 Å². The summed E-state index contributed by atoms with van der Waals surface area (Å²) in [5.74, 6) is 0.0561. The summed E-state index contributed by atoms with van der Waals surface area (Å²) >= 11 is 12.6. The zero-order chi connectivity index (χ0) is 27.8. The number of carbonyl (C=O) groups excluding carboxylic acids is 2. The fraction of sp³-hybridized carbons (Fsp3) is 0.250. The first-order valence-corrected chi connectivity index (χ1v) is 13.8. The van der Waals surface area contributed by atoms with Gasteiger partial charge in [-0.15, -0.1) is 0 Å². The second-order valence-corrected chi connectivity index (χ2v) is 10.4. The standard InChI is InChI=1S/C32H32Cl2N2O3/c1-3-22(2)35-32(38)29(18-23-10-5-4-6-11-23)36(20-25-16-17-26(33)19-28(25)34)31(37)21-39-30-15-9-13-24-12-7-8-14-27(24)30/h4-17,19,22,29H,3,18,20-21H2,1-2H3,(H,35,38)/t22-,29+/m1/s1. The summed E-state index contributed by atoms with van der Waals surface area (Å²) in [5, 5.41) is 5.92. The summed E-state index contributed by atoms with van der Waals surface area (Å²) in [6.45, 7) is 3.84. The number of hydrogen-bond acceptors (Lipinski definition) is 3. The highest BCUT2D eigenvalue weighted by Gasteiger charge is 2.31. The van der Waals surface area contributed by atoms with Gasteiger partial charge in [0.1, 0.15) is 11.8 Å². The second-order valence-electron chi connectivity index (χ2n) is 9.55. The van der Waals surface area contributed by atoms with Crippen LogP contribution in [-0.4, -0.2) is 35.4 Å². The fourth-order valence-corrected chi connectivity index (χ4v) is 4.84. The molecule has 2 amide bonds. The van der Waals surface area contributed by atoms with Crippen LogP contribution in [0.25, 0.3) is 10.8 Å². The first-order valence-electron chi connectivity index (χ1n) is 13.0. The molecule has 4 aromatic rings. The first-order chi connectivity index (χ1) is 18.9. The van der Waals surface area contributed by atoms with Crippen molar-refractivity contribution in [3.8, 4) is 5.75 Å². The van der Waals surface area contributed by atoms with Crippen molar-refractivity contribution in [2.45, 2.75) is 45.3 Å². The SMILES string of the molecule is CC[C@@H](C)NC(=O)[C@H](Cc1ccccc1)N(Cc1ccc(Cl)cc1Cl)C(=O)COc1cccc2ccccc12. The Morgan fingerprint density at radius 1 is 0.923 bits per heavy atom. The smallest absolute Gasteiger partial charge is 0.261 e. The fourth-order valence-electron chi connectivity index (χ4n) is 4.37. The highest BCUT2D eigenvalue weighted by molar-refractivity contribution is 6.35. The van der Waals surface area contributed by atoms with E-state index in [0.29, 0.717) is 27.8 Å². The molecule has 0 aromatic heterocycles. The van der Waals surface area contributed by atoms with Gasteiger partial charge in [-0.25, -0.2) is 0 Å². The molecular formula is C32H32Cl2N2O3. The average Bonchev–Trinajstić information content (AvgIpc) is 2.95. The maximum atomic E-state index is 13.9. The quantitative estimate of drug-likeness (QED) is 0.212. The maximum absolute atomic E-state index is 13.9. The Bertz CT molecular complexity index is 1420. The van der Waals surface area contributed by atoms with Gasteiger partial charge in [0.05, 0.1) is 0 Å². The Balaban J connectivity index is 1.67. The maximum Gasteiger partial charge on any atom is 0.261 e. The summed E-state index contributed by atoms with van der Waals surface area (Å²) in [6.07, 6.45) is 1.11. The lowest BCUT2D eigenvalue weighted by molar-refractivity contribution is -0.143. The highest BCUT2D eigenvalue weighted by atomic mass is 35.5. The Morgan fingerprint density at radius 2 is 1.64 bits per heavy atom. The molecular weight excluding hydrogens is 531 g/mol. The van der Waals surface area contributed by atoms with Crippen LogP contribution in [0.5, 0.6) is 5.75 Å². The third kappa shape index (κ3) is 7.53. The van der Waals surface area contributed by atoms with Crippen molar-refractivity contribution in [1.29, 1.82) is 0 Å². The van der Waals surface area contributed by atoms with Crippen molar-refractivity contribution in [1.82, 2.24) is 10.2 Å². The summed E-state index contributed by atoms with van der Waals surface area (Å²) in [6, 6.07) is 27.6. The van der Waals surface area contributed by atoms with Crippen molar-refractivity contribution in [3.63, 3.8) is 0 Å². The topological polar surface area (TPSA) is 58.6 Å². The largest absolute Gasteiger partial charge is 0.483 e. The number of benzene rings is 4. The summed E-state index contributed by atoms with van der Waals surface area (Å²) in [4.78, 5) is 29.1. The number of fused-ring (bicyclic) bond motifs is 1. The van der Waals surface area contributed by atoms with E-state index in [1.807, 2.05) is 86.6 Å². The molecule has 0 saturated heterocycles. The zero-order valence-corrected chi connectivity index (χ0v) is 23.6. The van der Waals surface area contributed by atoms with Crippen LogP contribution in [0.1, 0.15) is 31.4 Å².